The maximum absolute atomic E-state index is 13.2. The number of nitrogens with zero attached hydrogens (tertiary/aromatic N) is 2. The van der Waals surface area contributed by atoms with Crippen LogP contribution < -0.4 is 5.56 Å². The first-order chi connectivity index (χ1) is 11.5. The summed E-state index contributed by atoms with van der Waals surface area (Å²) < 4.78 is 1.72. The van der Waals surface area contributed by atoms with Gasteiger partial charge in [0.15, 0.2) is 0 Å². The van der Waals surface area contributed by atoms with Crippen molar-refractivity contribution in [1.29, 1.82) is 0 Å². The van der Waals surface area contributed by atoms with E-state index in [4.69, 9.17) is 0 Å². The van der Waals surface area contributed by atoms with Gasteiger partial charge in [-0.2, -0.15) is 0 Å². The Morgan fingerprint density at radius 2 is 1.62 bits per heavy atom. The predicted octanol–water partition coefficient (Wildman–Crippen LogP) is 2.99. The SMILES string of the molecule is CCn1c(C)cc(C)c(C(=O)N2C[C@@H]3C4CCC(CC4)[C@@H]3C2)c1=O. The van der Waals surface area contributed by atoms with E-state index < -0.39 is 0 Å². The van der Waals surface area contributed by atoms with Gasteiger partial charge in [-0.05, 0) is 81.8 Å². The van der Waals surface area contributed by atoms with Gasteiger partial charge in [-0.1, -0.05) is 0 Å². The van der Waals surface area contributed by atoms with Crippen molar-refractivity contribution < 1.29 is 4.79 Å². The van der Waals surface area contributed by atoms with E-state index in [9.17, 15) is 9.59 Å². The number of aromatic nitrogens is 1. The molecule has 0 spiro atoms. The highest BCUT2D eigenvalue weighted by Crippen LogP contribution is 2.51. The van der Waals surface area contributed by atoms with Crippen LogP contribution in [0.25, 0.3) is 0 Å². The maximum atomic E-state index is 13.2. The third kappa shape index (κ3) is 2.26. The second-order valence-corrected chi connectivity index (χ2v) is 8.11. The fraction of sp³-hybridized carbons (Fsp3) is 0.700. The lowest BCUT2D eigenvalue weighted by Crippen LogP contribution is -2.38. The number of fused-ring (bicyclic) bond motifs is 2. The van der Waals surface area contributed by atoms with E-state index in [1.54, 1.807) is 4.57 Å². The lowest BCUT2D eigenvalue weighted by atomic mass is 9.60. The largest absolute Gasteiger partial charge is 0.338 e. The molecule has 0 N–H and O–H groups in total. The third-order valence-electron chi connectivity index (χ3n) is 6.96. The summed E-state index contributed by atoms with van der Waals surface area (Å²) in [5.41, 5.74) is 2.04. The zero-order valence-electron chi connectivity index (χ0n) is 15.0. The molecule has 4 heteroatoms. The lowest BCUT2D eigenvalue weighted by molar-refractivity contribution is 0.0577. The third-order valence-corrected chi connectivity index (χ3v) is 6.96. The molecule has 1 aromatic heterocycles. The summed E-state index contributed by atoms with van der Waals surface area (Å²) in [6, 6.07) is 1.98. The molecular formula is C20H28N2O2. The lowest BCUT2D eigenvalue weighted by Gasteiger charge is -2.44. The Kier molecular flexibility index (Phi) is 3.81. The van der Waals surface area contributed by atoms with Crippen LogP contribution in [0.4, 0.5) is 0 Å². The van der Waals surface area contributed by atoms with Gasteiger partial charge in [-0.3, -0.25) is 9.59 Å². The summed E-state index contributed by atoms with van der Waals surface area (Å²) in [4.78, 5) is 28.0. The molecule has 1 saturated heterocycles. The average molecular weight is 328 g/mol. The standard InChI is InChI=1S/C20H28N2O2/c1-4-22-13(3)9-12(2)18(20(22)24)19(23)21-10-16-14-5-6-15(8-7-14)17(16)11-21/h9,14-17H,4-8,10-11H2,1-3H3/t14?,15?,16-,17+. The van der Waals surface area contributed by atoms with Crippen LogP contribution in [0.3, 0.4) is 0 Å². The minimum Gasteiger partial charge on any atom is -0.338 e. The topological polar surface area (TPSA) is 42.3 Å². The molecule has 0 radical (unpaired) electrons. The summed E-state index contributed by atoms with van der Waals surface area (Å²) >= 11 is 0. The van der Waals surface area contributed by atoms with E-state index in [1.165, 1.54) is 25.7 Å². The van der Waals surface area contributed by atoms with Crippen molar-refractivity contribution in [2.75, 3.05) is 13.1 Å². The van der Waals surface area contributed by atoms with Gasteiger partial charge >= 0.3 is 0 Å². The molecule has 1 aliphatic heterocycles. The fourth-order valence-corrected chi connectivity index (χ4v) is 5.76. The first kappa shape index (κ1) is 15.9. The molecule has 1 aromatic rings. The number of hydrogen-bond donors (Lipinski definition) is 0. The highest BCUT2D eigenvalue weighted by atomic mass is 16.2. The number of carbonyl (C=O) groups excluding carboxylic acids is 1. The first-order valence-electron chi connectivity index (χ1n) is 9.51. The van der Waals surface area contributed by atoms with Gasteiger partial charge in [0.2, 0.25) is 0 Å². The van der Waals surface area contributed by atoms with Crippen LogP contribution in [0.5, 0.6) is 0 Å². The van der Waals surface area contributed by atoms with Gasteiger partial charge < -0.3 is 9.47 Å². The normalized spacial score (nSPS) is 31.4. The molecule has 4 fully saturated rings. The molecule has 2 bridgehead atoms. The smallest absolute Gasteiger partial charge is 0.263 e. The Bertz CT molecular complexity index is 708. The minimum atomic E-state index is -0.113. The molecule has 0 aromatic carbocycles. The van der Waals surface area contributed by atoms with Crippen LogP contribution in [0.1, 0.15) is 54.2 Å². The van der Waals surface area contributed by atoms with E-state index >= 15 is 0 Å². The van der Waals surface area contributed by atoms with Crippen molar-refractivity contribution in [3.63, 3.8) is 0 Å². The molecule has 2 atom stereocenters. The summed E-state index contributed by atoms with van der Waals surface area (Å²) in [6.45, 7) is 8.14. The summed E-state index contributed by atoms with van der Waals surface area (Å²) in [7, 11) is 0. The van der Waals surface area contributed by atoms with Gasteiger partial charge in [0.25, 0.3) is 11.5 Å². The van der Waals surface area contributed by atoms with Crippen LogP contribution in [0, 0.1) is 37.5 Å². The summed E-state index contributed by atoms with van der Waals surface area (Å²) in [6.07, 6.45) is 5.39. The quantitative estimate of drug-likeness (QED) is 0.837. The van der Waals surface area contributed by atoms with E-state index in [0.29, 0.717) is 23.9 Å². The Labute approximate surface area is 143 Å². The number of amides is 1. The predicted molar refractivity (Wildman–Crippen MR) is 94.2 cm³/mol. The molecule has 5 rings (SSSR count). The second-order valence-electron chi connectivity index (χ2n) is 8.11. The Hall–Kier alpha value is -1.58. The molecule has 0 unspecified atom stereocenters. The molecule has 1 amide bonds. The van der Waals surface area contributed by atoms with Gasteiger partial charge in [0, 0.05) is 25.3 Å². The number of rotatable bonds is 2. The van der Waals surface area contributed by atoms with Crippen LogP contribution in [-0.2, 0) is 6.54 Å². The molecular weight excluding hydrogens is 300 g/mol. The van der Waals surface area contributed by atoms with E-state index in [-0.39, 0.29) is 11.5 Å². The second kappa shape index (κ2) is 5.75. The van der Waals surface area contributed by atoms with Crippen molar-refractivity contribution in [1.82, 2.24) is 9.47 Å². The van der Waals surface area contributed by atoms with Crippen LogP contribution in [0.2, 0.25) is 0 Å². The van der Waals surface area contributed by atoms with Gasteiger partial charge in [0.05, 0.1) is 0 Å². The van der Waals surface area contributed by atoms with Gasteiger partial charge in [0.1, 0.15) is 5.56 Å². The van der Waals surface area contributed by atoms with Crippen molar-refractivity contribution in [2.45, 2.75) is 53.0 Å². The zero-order chi connectivity index (χ0) is 17.0. The van der Waals surface area contributed by atoms with Crippen LogP contribution in [-0.4, -0.2) is 28.5 Å². The number of likely N-dealkylation sites (tertiary alicyclic amines) is 1. The Morgan fingerprint density at radius 1 is 1.08 bits per heavy atom. The van der Waals surface area contributed by atoms with Crippen molar-refractivity contribution >= 4 is 5.91 Å². The molecule has 130 valence electrons. The number of carbonyl (C=O) groups is 1. The monoisotopic (exact) mass is 328 g/mol. The number of hydrogen-bond acceptors (Lipinski definition) is 2. The van der Waals surface area contributed by atoms with Crippen molar-refractivity contribution in [2.24, 2.45) is 23.7 Å². The molecule has 3 aliphatic carbocycles. The Morgan fingerprint density at radius 3 is 2.12 bits per heavy atom. The summed E-state index contributed by atoms with van der Waals surface area (Å²) in [5.74, 6) is 2.95. The minimum absolute atomic E-state index is 0.0338. The number of pyridine rings is 1. The molecule has 4 nitrogen and oxygen atoms in total. The molecule has 2 heterocycles. The fourth-order valence-electron chi connectivity index (χ4n) is 5.76. The molecule has 24 heavy (non-hydrogen) atoms. The molecule has 4 aliphatic rings. The van der Waals surface area contributed by atoms with E-state index in [1.807, 2.05) is 31.7 Å². The molecule has 3 saturated carbocycles. The first-order valence-corrected chi connectivity index (χ1v) is 9.51. The Balaban J connectivity index is 1.65. The summed E-state index contributed by atoms with van der Waals surface area (Å²) in [5, 5.41) is 0. The van der Waals surface area contributed by atoms with Gasteiger partial charge in [-0.25, -0.2) is 0 Å². The average Bonchev–Trinajstić information content (AvgIpc) is 3.03. The zero-order valence-corrected chi connectivity index (χ0v) is 15.0. The van der Waals surface area contributed by atoms with Gasteiger partial charge in [-0.15, -0.1) is 0 Å². The highest BCUT2D eigenvalue weighted by molar-refractivity contribution is 5.95. The van der Waals surface area contributed by atoms with E-state index in [2.05, 4.69) is 0 Å². The maximum Gasteiger partial charge on any atom is 0.263 e. The van der Waals surface area contributed by atoms with Crippen molar-refractivity contribution in [3.8, 4) is 0 Å². The number of aryl methyl sites for hydroxylation is 2. The van der Waals surface area contributed by atoms with Crippen molar-refractivity contribution in [3.05, 3.63) is 33.2 Å². The van der Waals surface area contributed by atoms with Crippen LogP contribution in [0.15, 0.2) is 10.9 Å². The van der Waals surface area contributed by atoms with Crippen LogP contribution >= 0.6 is 0 Å². The van der Waals surface area contributed by atoms with E-state index in [0.717, 1.165) is 36.2 Å². The highest BCUT2D eigenvalue weighted by Gasteiger charge is 2.49.